The molecule has 0 saturated heterocycles. The summed E-state index contributed by atoms with van der Waals surface area (Å²) in [7, 11) is 1.80. The Morgan fingerprint density at radius 3 is 2.41 bits per heavy atom. The molecule has 0 spiro atoms. The second-order valence-corrected chi connectivity index (χ2v) is 7.51. The highest BCUT2D eigenvalue weighted by molar-refractivity contribution is 5.63. The second kappa shape index (κ2) is 6.80. The first-order valence-electron chi connectivity index (χ1n) is 9.62. The molecule has 0 aliphatic heterocycles. The number of nitrogens with one attached hydrogen (secondary N) is 2. The van der Waals surface area contributed by atoms with Crippen molar-refractivity contribution in [2.24, 2.45) is 5.92 Å². The minimum absolute atomic E-state index is 0.295. The van der Waals surface area contributed by atoms with Crippen LogP contribution in [0, 0.1) is 5.92 Å². The minimum Gasteiger partial charge on any atom is -0.357 e. The summed E-state index contributed by atoms with van der Waals surface area (Å²) in [5.74, 6) is 2.31. The Hall–Kier alpha value is -3.55. The van der Waals surface area contributed by atoms with Crippen molar-refractivity contribution in [3.8, 4) is 22.6 Å². The third-order valence-electron chi connectivity index (χ3n) is 5.72. The molecule has 8 heteroatoms. The maximum absolute atomic E-state index is 5.53. The molecule has 1 aliphatic carbocycles. The van der Waals surface area contributed by atoms with Crippen LogP contribution in [0.3, 0.4) is 0 Å². The number of benzene rings is 1. The lowest BCUT2D eigenvalue weighted by molar-refractivity contribution is 0.386. The number of rotatable bonds is 6. The molecule has 1 saturated carbocycles. The van der Waals surface area contributed by atoms with Crippen molar-refractivity contribution in [2.45, 2.75) is 25.2 Å². The molecule has 2 N–H and O–H groups in total. The molecule has 1 atom stereocenters. The van der Waals surface area contributed by atoms with E-state index >= 15 is 0 Å². The van der Waals surface area contributed by atoms with Gasteiger partial charge in [0.05, 0.1) is 17.2 Å². The number of anilines is 1. The van der Waals surface area contributed by atoms with E-state index in [4.69, 9.17) is 9.51 Å². The van der Waals surface area contributed by atoms with Gasteiger partial charge in [-0.15, -0.1) is 0 Å². The average Bonchev–Trinajstić information content (AvgIpc) is 3.27. The van der Waals surface area contributed by atoms with Crippen molar-refractivity contribution in [3.05, 3.63) is 60.4 Å². The zero-order valence-corrected chi connectivity index (χ0v) is 16.3. The summed E-state index contributed by atoms with van der Waals surface area (Å²) in [5.41, 5.74) is 3.72. The lowest BCUT2D eigenvalue weighted by atomic mass is 9.77. The van der Waals surface area contributed by atoms with Crippen LogP contribution in [-0.4, -0.2) is 37.4 Å². The number of hydrogen-bond acceptors (Lipinski definition) is 7. The van der Waals surface area contributed by atoms with Crippen LogP contribution in [0.2, 0.25) is 0 Å². The largest absolute Gasteiger partial charge is 0.357 e. The Morgan fingerprint density at radius 2 is 1.79 bits per heavy atom. The lowest BCUT2D eigenvalue weighted by Crippen LogP contribution is -2.28. The van der Waals surface area contributed by atoms with E-state index in [0.29, 0.717) is 23.6 Å². The highest BCUT2D eigenvalue weighted by Crippen LogP contribution is 2.50. The smallest absolute Gasteiger partial charge is 0.261 e. The highest BCUT2D eigenvalue weighted by atomic mass is 16.5. The van der Waals surface area contributed by atoms with E-state index in [2.05, 4.69) is 61.8 Å². The van der Waals surface area contributed by atoms with Crippen molar-refractivity contribution in [3.63, 3.8) is 0 Å². The van der Waals surface area contributed by atoms with Gasteiger partial charge in [0.25, 0.3) is 5.89 Å². The first-order valence-corrected chi connectivity index (χ1v) is 9.62. The predicted octanol–water partition coefficient (Wildman–Crippen LogP) is 3.67. The molecule has 3 heterocycles. The Labute approximate surface area is 167 Å². The van der Waals surface area contributed by atoms with Gasteiger partial charge in [-0.3, -0.25) is 5.10 Å². The highest BCUT2D eigenvalue weighted by Gasteiger charge is 2.47. The average molecular weight is 387 g/mol. The quantitative estimate of drug-likeness (QED) is 0.520. The summed E-state index contributed by atoms with van der Waals surface area (Å²) in [4.78, 5) is 13.3. The molecule has 146 valence electrons. The van der Waals surface area contributed by atoms with E-state index in [9.17, 15) is 0 Å². The van der Waals surface area contributed by atoms with E-state index in [1.165, 1.54) is 5.56 Å². The molecule has 0 unspecified atom stereocenters. The SMILES string of the molecule is CNc1ncc(-c2ccc([C@](C)(c3noc(-c4cn[nH]c4)n3)C3CC3)cc2)cn1. The molecule has 1 aromatic carbocycles. The van der Waals surface area contributed by atoms with Crippen LogP contribution >= 0.6 is 0 Å². The second-order valence-electron chi connectivity index (χ2n) is 7.51. The van der Waals surface area contributed by atoms with Gasteiger partial charge >= 0.3 is 0 Å². The number of hydrogen-bond donors (Lipinski definition) is 2. The van der Waals surface area contributed by atoms with E-state index in [1.807, 2.05) is 12.4 Å². The topological polar surface area (TPSA) is 105 Å². The number of nitrogens with zero attached hydrogens (tertiary/aromatic N) is 5. The van der Waals surface area contributed by atoms with Crippen LogP contribution in [0.25, 0.3) is 22.6 Å². The van der Waals surface area contributed by atoms with Crippen molar-refractivity contribution < 1.29 is 4.52 Å². The molecule has 29 heavy (non-hydrogen) atoms. The zero-order chi connectivity index (χ0) is 19.8. The van der Waals surface area contributed by atoms with Crippen molar-refractivity contribution in [1.82, 2.24) is 30.3 Å². The Bertz CT molecular complexity index is 1100. The van der Waals surface area contributed by atoms with E-state index in [1.54, 1.807) is 19.4 Å². The van der Waals surface area contributed by atoms with Gasteiger partial charge < -0.3 is 9.84 Å². The number of aromatic nitrogens is 6. The van der Waals surface area contributed by atoms with E-state index < -0.39 is 0 Å². The molecular weight excluding hydrogens is 366 g/mol. The molecule has 3 aromatic heterocycles. The fraction of sp³-hybridized carbons (Fsp3) is 0.286. The van der Waals surface area contributed by atoms with Gasteiger partial charge in [0.2, 0.25) is 5.95 Å². The summed E-state index contributed by atoms with van der Waals surface area (Å²) in [5, 5.41) is 14.0. The van der Waals surface area contributed by atoms with Gasteiger partial charge in [0.1, 0.15) is 0 Å². The fourth-order valence-electron chi connectivity index (χ4n) is 3.74. The molecule has 0 amide bonds. The summed E-state index contributed by atoms with van der Waals surface area (Å²) in [6.07, 6.45) is 9.40. The summed E-state index contributed by atoms with van der Waals surface area (Å²) >= 11 is 0. The van der Waals surface area contributed by atoms with Crippen molar-refractivity contribution in [1.29, 1.82) is 0 Å². The van der Waals surface area contributed by atoms with Gasteiger partial charge in [-0.05, 0) is 36.8 Å². The van der Waals surface area contributed by atoms with Gasteiger partial charge in [-0.25, -0.2) is 9.97 Å². The molecule has 1 fully saturated rings. The van der Waals surface area contributed by atoms with Crippen LogP contribution in [0.5, 0.6) is 0 Å². The predicted molar refractivity (Wildman–Crippen MR) is 108 cm³/mol. The Balaban J connectivity index is 1.48. The standard InChI is InChI=1S/C21H21N7O/c1-21(17-7-8-17,19-27-18(29-28-19)15-11-25-26-12-15)16-5-3-13(4-6-16)14-9-23-20(22-2)24-10-14/h3-6,9-12,17H,7-8H2,1-2H3,(H,25,26)(H,22,23,24)/t21-/m0/s1. The maximum atomic E-state index is 5.53. The van der Waals surface area contributed by atoms with Crippen molar-refractivity contribution in [2.75, 3.05) is 12.4 Å². The van der Waals surface area contributed by atoms with Crippen LogP contribution < -0.4 is 5.32 Å². The van der Waals surface area contributed by atoms with Gasteiger partial charge in [0.15, 0.2) is 5.82 Å². The minimum atomic E-state index is -0.295. The van der Waals surface area contributed by atoms with E-state index in [-0.39, 0.29) is 5.41 Å². The third-order valence-corrected chi connectivity index (χ3v) is 5.72. The normalized spacial score (nSPS) is 15.8. The molecule has 1 aliphatic rings. The first kappa shape index (κ1) is 17.5. The van der Waals surface area contributed by atoms with E-state index in [0.717, 1.165) is 29.5 Å². The van der Waals surface area contributed by atoms with Gasteiger partial charge in [0, 0.05) is 31.2 Å². The molecule has 5 rings (SSSR count). The summed E-state index contributed by atoms with van der Waals surface area (Å²) < 4.78 is 5.53. The van der Waals surface area contributed by atoms with Gasteiger partial charge in [-0.2, -0.15) is 10.1 Å². The molecule has 0 bridgehead atoms. The fourth-order valence-corrected chi connectivity index (χ4v) is 3.74. The van der Waals surface area contributed by atoms with Gasteiger partial charge in [-0.1, -0.05) is 29.4 Å². The van der Waals surface area contributed by atoms with Crippen LogP contribution in [-0.2, 0) is 5.41 Å². The first-order chi connectivity index (χ1) is 14.2. The Morgan fingerprint density at radius 1 is 1.03 bits per heavy atom. The molecule has 8 nitrogen and oxygen atoms in total. The summed E-state index contributed by atoms with van der Waals surface area (Å²) in [6, 6.07) is 8.50. The Kier molecular flexibility index (Phi) is 4.12. The van der Waals surface area contributed by atoms with Crippen LogP contribution in [0.1, 0.15) is 31.2 Å². The third kappa shape index (κ3) is 3.06. The number of aromatic amines is 1. The molecule has 4 aromatic rings. The zero-order valence-electron chi connectivity index (χ0n) is 16.3. The van der Waals surface area contributed by atoms with Crippen LogP contribution in [0.15, 0.2) is 53.6 Å². The molecule has 0 radical (unpaired) electrons. The summed E-state index contributed by atoms with van der Waals surface area (Å²) in [6.45, 7) is 2.20. The van der Waals surface area contributed by atoms with Crippen molar-refractivity contribution >= 4 is 5.95 Å². The lowest BCUT2D eigenvalue weighted by Gasteiger charge is -2.27. The molecular formula is C21H21N7O. The number of H-pyrrole nitrogens is 1. The monoisotopic (exact) mass is 387 g/mol. The van der Waals surface area contributed by atoms with Crippen LogP contribution in [0.4, 0.5) is 5.95 Å². The maximum Gasteiger partial charge on any atom is 0.261 e.